The summed E-state index contributed by atoms with van der Waals surface area (Å²) in [7, 11) is 3.90. The number of rotatable bonds is 8. The van der Waals surface area contributed by atoms with Crippen molar-refractivity contribution in [2.45, 2.75) is 32.6 Å². The van der Waals surface area contributed by atoms with E-state index in [1.807, 2.05) is 42.2 Å². The van der Waals surface area contributed by atoms with Crippen LogP contribution in [0.2, 0.25) is 0 Å². The Labute approximate surface area is 204 Å². The van der Waals surface area contributed by atoms with Gasteiger partial charge in [-0.05, 0) is 55.4 Å². The van der Waals surface area contributed by atoms with Gasteiger partial charge < -0.3 is 9.80 Å². The van der Waals surface area contributed by atoms with Crippen molar-refractivity contribution in [2.75, 3.05) is 32.1 Å². The van der Waals surface area contributed by atoms with E-state index in [1.54, 1.807) is 23.5 Å². The third-order valence-corrected chi connectivity index (χ3v) is 7.67. The van der Waals surface area contributed by atoms with Gasteiger partial charge in [-0.1, -0.05) is 41.2 Å². The maximum Gasteiger partial charge on any atom is 0.274 e. The Morgan fingerprint density at radius 3 is 2.82 bits per heavy atom. The van der Waals surface area contributed by atoms with E-state index in [0.717, 1.165) is 57.4 Å². The van der Waals surface area contributed by atoms with Crippen LogP contribution in [0.15, 0.2) is 64.6 Å². The summed E-state index contributed by atoms with van der Waals surface area (Å²) < 4.78 is 13.9. The summed E-state index contributed by atoms with van der Waals surface area (Å²) in [4.78, 5) is 27.9. The highest BCUT2D eigenvalue weighted by Gasteiger charge is 2.31. The largest absolute Gasteiger partial charge is 0.354 e. The first kappa shape index (κ1) is 22.7. The number of carbonyl (C=O) groups excluding carboxylic acids is 1. The molecule has 5 rings (SSSR count). The van der Waals surface area contributed by atoms with Crippen LogP contribution >= 0.6 is 11.3 Å². The third-order valence-electron chi connectivity index (χ3n) is 6.40. The summed E-state index contributed by atoms with van der Waals surface area (Å²) in [5, 5.41) is 0.817. The number of aliphatic imine (C=N–C) groups is 1. The second-order valence-corrected chi connectivity index (χ2v) is 10.4. The van der Waals surface area contributed by atoms with E-state index in [-0.39, 0.29) is 11.7 Å². The number of fused-ring (bicyclic) bond motifs is 1. The number of aryl methyl sites for hydroxylation is 1. The lowest BCUT2D eigenvalue weighted by atomic mass is 9.95. The molecule has 1 fully saturated rings. The molecule has 34 heavy (non-hydrogen) atoms. The van der Waals surface area contributed by atoms with Gasteiger partial charge in [-0.25, -0.2) is 9.37 Å². The number of benzene rings is 1. The highest BCUT2D eigenvalue weighted by Crippen LogP contribution is 2.37. The normalized spacial score (nSPS) is 16.9. The third kappa shape index (κ3) is 4.75. The van der Waals surface area contributed by atoms with Crippen LogP contribution in [0, 0.1) is 12.8 Å². The highest BCUT2D eigenvalue weighted by atomic mass is 32.1. The minimum absolute atomic E-state index is 0.0313. The molecule has 1 aromatic carbocycles. The smallest absolute Gasteiger partial charge is 0.274 e. The standard InChI is InChI=1S/C27H29FN4OS/c1-17-5-4-6-19(13-17)25-24(30-27(34-25)31(2)3)26(33)32(16-18-7-8-18)12-11-20-15-29-23-10-9-21(28)14-22(20)23/h4-6,9,13-15,18H,7-8,10-12,16H2,1-3H3. The molecule has 0 unspecified atom stereocenters. The van der Waals surface area contributed by atoms with Gasteiger partial charge in [-0.2, -0.15) is 0 Å². The van der Waals surface area contributed by atoms with Crippen LogP contribution in [-0.2, 0) is 0 Å². The molecule has 176 valence electrons. The fourth-order valence-corrected chi connectivity index (χ4v) is 5.31. The average molecular weight is 477 g/mol. The topological polar surface area (TPSA) is 48.8 Å². The minimum atomic E-state index is -0.214. The van der Waals surface area contributed by atoms with Gasteiger partial charge in [0, 0.05) is 45.4 Å². The van der Waals surface area contributed by atoms with Crippen molar-refractivity contribution in [2.24, 2.45) is 10.9 Å². The highest BCUT2D eigenvalue weighted by molar-refractivity contribution is 7.19. The molecule has 5 nitrogen and oxygen atoms in total. The number of allylic oxidation sites excluding steroid dienone is 4. The summed E-state index contributed by atoms with van der Waals surface area (Å²) in [6, 6.07) is 8.23. The number of thiazole rings is 1. The fraction of sp³-hybridized carbons (Fsp3) is 0.370. The molecular formula is C27H29FN4OS. The molecule has 1 aliphatic heterocycles. The van der Waals surface area contributed by atoms with Gasteiger partial charge >= 0.3 is 0 Å². The van der Waals surface area contributed by atoms with Crippen LogP contribution in [0.4, 0.5) is 9.52 Å². The summed E-state index contributed by atoms with van der Waals surface area (Å²) in [6.07, 6.45) is 8.44. The lowest BCUT2D eigenvalue weighted by Crippen LogP contribution is -2.34. The van der Waals surface area contributed by atoms with Gasteiger partial charge in [0.05, 0.1) is 10.6 Å². The SMILES string of the molecule is Cc1cccc(-c2sc(N(C)C)nc2C(=O)N(CCC2=CN=C3CC=C(F)C=C23)CC2CC2)c1. The molecule has 0 atom stereocenters. The van der Waals surface area contributed by atoms with Crippen LogP contribution < -0.4 is 4.90 Å². The van der Waals surface area contributed by atoms with Gasteiger partial charge in [-0.3, -0.25) is 9.79 Å². The van der Waals surface area contributed by atoms with E-state index >= 15 is 0 Å². The van der Waals surface area contributed by atoms with Crippen molar-refractivity contribution in [3.63, 3.8) is 0 Å². The quantitative estimate of drug-likeness (QED) is 0.473. The Morgan fingerprint density at radius 2 is 2.09 bits per heavy atom. The van der Waals surface area contributed by atoms with Crippen molar-refractivity contribution in [1.29, 1.82) is 0 Å². The molecule has 2 aliphatic carbocycles. The number of aromatic nitrogens is 1. The van der Waals surface area contributed by atoms with E-state index in [0.29, 0.717) is 31.0 Å². The molecule has 1 saturated carbocycles. The van der Waals surface area contributed by atoms with Crippen LogP contribution in [0.5, 0.6) is 0 Å². The Morgan fingerprint density at radius 1 is 1.26 bits per heavy atom. The Balaban J connectivity index is 1.41. The first-order chi connectivity index (χ1) is 16.4. The molecule has 0 N–H and O–H groups in total. The molecule has 3 aliphatic rings. The first-order valence-electron chi connectivity index (χ1n) is 11.8. The molecule has 1 amide bonds. The predicted octanol–water partition coefficient (Wildman–Crippen LogP) is 5.95. The molecule has 1 aromatic heterocycles. The number of halogens is 1. The van der Waals surface area contributed by atoms with Crippen molar-refractivity contribution in [3.05, 3.63) is 70.8 Å². The number of carbonyl (C=O) groups is 1. The molecule has 2 heterocycles. The summed E-state index contributed by atoms with van der Waals surface area (Å²) in [5.41, 5.74) is 5.47. The molecule has 7 heteroatoms. The van der Waals surface area contributed by atoms with Crippen LogP contribution in [0.1, 0.15) is 41.7 Å². The van der Waals surface area contributed by atoms with Gasteiger partial charge in [0.25, 0.3) is 5.91 Å². The number of anilines is 1. The second-order valence-electron chi connectivity index (χ2n) is 9.46. The van der Waals surface area contributed by atoms with Crippen molar-refractivity contribution in [1.82, 2.24) is 9.88 Å². The Bertz CT molecular complexity index is 1250. The predicted molar refractivity (Wildman–Crippen MR) is 137 cm³/mol. The van der Waals surface area contributed by atoms with Gasteiger partial charge in [-0.15, -0.1) is 0 Å². The van der Waals surface area contributed by atoms with Crippen LogP contribution in [0.3, 0.4) is 0 Å². The lowest BCUT2D eigenvalue weighted by molar-refractivity contribution is 0.0745. The molecule has 0 radical (unpaired) electrons. The fourth-order valence-electron chi connectivity index (χ4n) is 4.33. The lowest BCUT2D eigenvalue weighted by Gasteiger charge is -2.23. The van der Waals surface area contributed by atoms with Gasteiger partial charge in [0.15, 0.2) is 5.13 Å². The van der Waals surface area contributed by atoms with Crippen LogP contribution in [-0.4, -0.2) is 48.7 Å². The molecule has 0 spiro atoms. The maximum absolute atomic E-state index is 13.9. The molecule has 0 bridgehead atoms. The second kappa shape index (κ2) is 9.29. The molecule has 0 saturated heterocycles. The Kier molecular flexibility index (Phi) is 6.21. The van der Waals surface area contributed by atoms with E-state index < -0.39 is 0 Å². The van der Waals surface area contributed by atoms with Crippen molar-refractivity contribution < 1.29 is 9.18 Å². The monoisotopic (exact) mass is 476 g/mol. The summed E-state index contributed by atoms with van der Waals surface area (Å²) in [6.45, 7) is 3.35. The molecule has 2 aromatic rings. The van der Waals surface area contributed by atoms with E-state index in [9.17, 15) is 9.18 Å². The number of hydrogen-bond donors (Lipinski definition) is 0. The van der Waals surface area contributed by atoms with E-state index in [1.165, 1.54) is 0 Å². The number of hydrogen-bond acceptors (Lipinski definition) is 5. The van der Waals surface area contributed by atoms with Crippen LogP contribution in [0.25, 0.3) is 10.4 Å². The number of amides is 1. The van der Waals surface area contributed by atoms with E-state index in [2.05, 4.69) is 24.0 Å². The van der Waals surface area contributed by atoms with Gasteiger partial charge in [0.2, 0.25) is 0 Å². The van der Waals surface area contributed by atoms with Crippen molar-refractivity contribution >= 4 is 28.1 Å². The maximum atomic E-state index is 13.9. The van der Waals surface area contributed by atoms with E-state index in [4.69, 9.17) is 4.98 Å². The minimum Gasteiger partial charge on any atom is -0.354 e. The van der Waals surface area contributed by atoms with Gasteiger partial charge in [0.1, 0.15) is 11.5 Å². The molecular weight excluding hydrogens is 447 g/mol. The first-order valence-corrected chi connectivity index (χ1v) is 12.6. The summed E-state index contributed by atoms with van der Waals surface area (Å²) >= 11 is 1.55. The Hall–Kier alpha value is -3.06. The zero-order valence-electron chi connectivity index (χ0n) is 19.8. The average Bonchev–Trinajstić information content (AvgIpc) is 3.37. The zero-order valence-corrected chi connectivity index (χ0v) is 20.7. The number of nitrogens with zero attached hydrogens (tertiary/aromatic N) is 4. The zero-order chi connectivity index (χ0) is 23.8. The van der Waals surface area contributed by atoms with Crippen molar-refractivity contribution in [3.8, 4) is 10.4 Å². The summed E-state index contributed by atoms with van der Waals surface area (Å²) in [5.74, 6) is 0.308.